The van der Waals surface area contributed by atoms with Gasteiger partial charge in [-0.3, -0.25) is 0 Å². The molecule has 1 N–H and O–H groups in total. The van der Waals surface area contributed by atoms with E-state index >= 15 is 0 Å². The van der Waals surface area contributed by atoms with Crippen molar-refractivity contribution in [2.45, 2.75) is 45.9 Å². The van der Waals surface area contributed by atoms with Crippen molar-refractivity contribution in [1.29, 1.82) is 0 Å². The van der Waals surface area contributed by atoms with Crippen molar-refractivity contribution in [3.05, 3.63) is 101 Å². The van der Waals surface area contributed by atoms with E-state index in [0.29, 0.717) is 6.04 Å². The summed E-state index contributed by atoms with van der Waals surface area (Å²) in [4.78, 5) is 0. The van der Waals surface area contributed by atoms with Gasteiger partial charge in [-0.05, 0) is 56.5 Å². The molecule has 2 unspecified atom stereocenters. The molecule has 31 heavy (non-hydrogen) atoms. The summed E-state index contributed by atoms with van der Waals surface area (Å²) in [5.74, 6) is 0. The first kappa shape index (κ1) is 21.2. The summed E-state index contributed by atoms with van der Waals surface area (Å²) in [6, 6.07) is 28.3. The molecule has 0 aliphatic heterocycles. The zero-order valence-corrected chi connectivity index (χ0v) is 18.9. The van der Waals surface area contributed by atoms with Gasteiger partial charge < -0.3 is 14.6 Å². The lowest BCUT2D eigenvalue weighted by atomic mass is 9.98. The van der Waals surface area contributed by atoms with Gasteiger partial charge in [-0.2, -0.15) is 0 Å². The molecule has 3 aromatic carbocycles. The van der Waals surface area contributed by atoms with Crippen LogP contribution in [0.2, 0.25) is 0 Å². The van der Waals surface area contributed by atoms with Gasteiger partial charge in [0.05, 0.1) is 0 Å². The summed E-state index contributed by atoms with van der Waals surface area (Å²) >= 11 is 0. The van der Waals surface area contributed by atoms with Crippen LogP contribution in [0.4, 0.5) is 5.69 Å². The SMILES string of the molecule is CCn1c(C)c(C(OC)c2ccc(NC(C)Cc3ccccc3)cc2)c2ccccc21. The summed E-state index contributed by atoms with van der Waals surface area (Å²) in [5, 5.41) is 4.89. The molecule has 0 saturated heterocycles. The second kappa shape index (κ2) is 9.40. The topological polar surface area (TPSA) is 26.2 Å². The van der Waals surface area contributed by atoms with Crippen LogP contribution in [0, 0.1) is 6.92 Å². The van der Waals surface area contributed by atoms with E-state index in [2.05, 4.69) is 110 Å². The standard InChI is InChI=1S/C28H32N2O/c1-5-30-21(3)27(25-13-9-10-14-26(25)30)28(31-4)23-15-17-24(18-16-23)29-20(2)19-22-11-7-6-8-12-22/h6-18,20,28-29H,5,19H2,1-4H3. The predicted octanol–water partition coefficient (Wildman–Crippen LogP) is 6.75. The maximum Gasteiger partial charge on any atom is 0.109 e. The minimum atomic E-state index is -0.0894. The lowest BCUT2D eigenvalue weighted by Crippen LogP contribution is -2.18. The van der Waals surface area contributed by atoms with E-state index in [-0.39, 0.29) is 6.10 Å². The zero-order valence-electron chi connectivity index (χ0n) is 18.9. The second-order valence-electron chi connectivity index (χ2n) is 8.23. The monoisotopic (exact) mass is 412 g/mol. The molecule has 0 fully saturated rings. The fourth-order valence-electron chi connectivity index (χ4n) is 4.67. The third kappa shape index (κ3) is 4.38. The van der Waals surface area contributed by atoms with E-state index < -0.39 is 0 Å². The van der Waals surface area contributed by atoms with Gasteiger partial charge in [0.25, 0.3) is 0 Å². The maximum atomic E-state index is 6.04. The summed E-state index contributed by atoms with van der Waals surface area (Å²) in [7, 11) is 1.80. The average molecular weight is 413 g/mol. The Morgan fingerprint density at radius 1 is 0.903 bits per heavy atom. The second-order valence-corrected chi connectivity index (χ2v) is 8.23. The Bertz CT molecular complexity index is 1130. The van der Waals surface area contributed by atoms with Crippen LogP contribution in [0.15, 0.2) is 78.9 Å². The molecule has 0 amide bonds. The number of rotatable bonds is 8. The number of fused-ring (bicyclic) bond motifs is 1. The van der Waals surface area contributed by atoms with Crippen molar-refractivity contribution in [3.63, 3.8) is 0 Å². The Morgan fingerprint density at radius 3 is 2.26 bits per heavy atom. The molecule has 0 aliphatic carbocycles. The van der Waals surface area contributed by atoms with E-state index in [1.807, 2.05) is 0 Å². The summed E-state index contributed by atoms with van der Waals surface area (Å²) in [6.07, 6.45) is 0.910. The molecule has 2 atom stereocenters. The molecule has 1 heterocycles. The van der Waals surface area contributed by atoms with Crippen LogP contribution in [0.3, 0.4) is 0 Å². The van der Waals surface area contributed by atoms with Gasteiger partial charge in [-0.1, -0.05) is 60.7 Å². The van der Waals surface area contributed by atoms with Crippen molar-refractivity contribution < 1.29 is 4.74 Å². The molecule has 0 radical (unpaired) electrons. The minimum absolute atomic E-state index is 0.0894. The molecule has 160 valence electrons. The van der Waals surface area contributed by atoms with Crippen LogP contribution in [-0.4, -0.2) is 17.7 Å². The van der Waals surface area contributed by atoms with E-state index in [9.17, 15) is 0 Å². The first-order chi connectivity index (χ1) is 15.1. The normalized spacial score (nSPS) is 13.3. The van der Waals surface area contributed by atoms with Crippen LogP contribution in [0.25, 0.3) is 10.9 Å². The Labute approximate surface area is 185 Å². The minimum Gasteiger partial charge on any atom is -0.382 e. The van der Waals surface area contributed by atoms with Crippen molar-refractivity contribution in [2.75, 3.05) is 12.4 Å². The van der Waals surface area contributed by atoms with Crippen molar-refractivity contribution in [3.8, 4) is 0 Å². The Balaban J connectivity index is 1.57. The number of hydrogen-bond acceptors (Lipinski definition) is 2. The largest absolute Gasteiger partial charge is 0.382 e. The van der Waals surface area contributed by atoms with E-state index in [1.54, 1.807) is 7.11 Å². The Hall–Kier alpha value is -3.04. The number of aryl methyl sites for hydroxylation is 1. The highest BCUT2D eigenvalue weighted by molar-refractivity contribution is 5.86. The first-order valence-corrected chi connectivity index (χ1v) is 11.1. The summed E-state index contributed by atoms with van der Waals surface area (Å²) in [6.45, 7) is 7.57. The molecule has 3 heteroatoms. The lowest BCUT2D eigenvalue weighted by Gasteiger charge is -2.19. The zero-order chi connectivity index (χ0) is 21.8. The van der Waals surface area contributed by atoms with Crippen LogP contribution in [0.1, 0.15) is 42.3 Å². The van der Waals surface area contributed by atoms with Crippen molar-refractivity contribution in [1.82, 2.24) is 4.57 Å². The third-order valence-electron chi connectivity index (χ3n) is 6.11. The highest BCUT2D eigenvalue weighted by atomic mass is 16.5. The first-order valence-electron chi connectivity index (χ1n) is 11.1. The van der Waals surface area contributed by atoms with Crippen LogP contribution in [0.5, 0.6) is 0 Å². The molecule has 0 saturated carbocycles. The van der Waals surface area contributed by atoms with Crippen molar-refractivity contribution >= 4 is 16.6 Å². The van der Waals surface area contributed by atoms with E-state index in [0.717, 1.165) is 18.7 Å². The highest BCUT2D eigenvalue weighted by Crippen LogP contribution is 2.36. The van der Waals surface area contributed by atoms with E-state index in [1.165, 1.54) is 33.3 Å². The smallest absolute Gasteiger partial charge is 0.109 e. The lowest BCUT2D eigenvalue weighted by molar-refractivity contribution is 0.137. The number of nitrogens with zero attached hydrogens (tertiary/aromatic N) is 1. The number of ether oxygens (including phenoxy) is 1. The molecular weight excluding hydrogens is 380 g/mol. The molecule has 3 nitrogen and oxygen atoms in total. The Kier molecular flexibility index (Phi) is 6.43. The molecule has 4 rings (SSSR count). The summed E-state index contributed by atoms with van der Waals surface area (Å²) < 4.78 is 8.41. The van der Waals surface area contributed by atoms with Gasteiger partial charge in [-0.25, -0.2) is 0 Å². The number of nitrogens with one attached hydrogen (secondary N) is 1. The number of methoxy groups -OCH3 is 1. The predicted molar refractivity (Wildman–Crippen MR) is 131 cm³/mol. The van der Waals surface area contributed by atoms with E-state index in [4.69, 9.17) is 4.74 Å². The van der Waals surface area contributed by atoms with Crippen LogP contribution >= 0.6 is 0 Å². The maximum absolute atomic E-state index is 6.04. The Morgan fingerprint density at radius 2 is 1.58 bits per heavy atom. The van der Waals surface area contributed by atoms with Gasteiger partial charge in [0.2, 0.25) is 0 Å². The van der Waals surface area contributed by atoms with Gasteiger partial charge >= 0.3 is 0 Å². The summed E-state index contributed by atoms with van der Waals surface area (Å²) in [5.41, 5.74) is 7.46. The molecule has 0 aliphatic rings. The highest BCUT2D eigenvalue weighted by Gasteiger charge is 2.22. The van der Waals surface area contributed by atoms with Gasteiger partial charge in [0, 0.05) is 47.5 Å². The quantitative estimate of drug-likeness (QED) is 0.346. The average Bonchev–Trinajstić information content (AvgIpc) is 3.07. The number of aromatic nitrogens is 1. The number of benzene rings is 3. The van der Waals surface area contributed by atoms with Crippen LogP contribution < -0.4 is 5.32 Å². The van der Waals surface area contributed by atoms with Crippen LogP contribution in [-0.2, 0) is 17.7 Å². The molecular formula is C28H32N2O. The molecule has 0 bridgehead atoms. The fourth-order valence-corrected chi connectivity index (χ4v) is 4.67. The number of para-hydroxylation sites is 1. The molecule has 4 aromatic rings. The van der Waals surface area contributed by atoms with Crippen molar-refractivity contribution in [2.24, 2.45) is 0 Å². The fraction of sp³-hybridized carbons (Fsp3) is 0.286. The number of anilines is 1. The molecule has 1 aromatic heterocycles. The van der Waals surface area contributed by atoms with Gasteiger partial charge in [-0.15, -0.1) is 0 Å². The van der Waals surface area contributed by atoms with Gasteiger partial charge in [0.1, 0.15) is 6.10 Å². The molecule has 0 spiro atoms. The number of hydrogen-bond donors (Lipinski definition) is 1. The third-order valence-corrected chi connectivity index (χ3v) is 6.11. The van der Waals surface area contributed by atoms with Gasteiger partial charge in [0.15, 0.2) is 0 Å².